The predicted molar refractivity (Wildman–Crippen MR) is 70.9 cm³/mol. The van der Waals surface area contributed by atoms with E-state index in [2.05, 4.69) is 5.10 Å². The minimum Gasteiger partial charge on any atom is -0.496 e. The minimum atomic E-state index is 0.474. The van der Waals surface area contributed by atoms with E-state index < -0.39 is 0 Å². The van der Waals surface area contributed by atoms with Crippen LogP contribution in [0.15, 0.2) is 18.3 Å². The van der Waals surface area contributed by atoms with Gasteiger partial charge in [-0.15, -0.1) is 0 Å². The summed E-state index contributed by atoms with van der Waals surface area (Å²) in [6.07, 6.45) is 1.86. The van der Waals surface area contributed by atoms with Crippen molar-refractivity contribution in [1.82, 2.24) is 9.78 Å². The third-order valence-corrected chi connectivity index (χ3v) is 2.86. The molecule has 0 aliphatic rings. The minimum absolute atomic E-state index is 0.474. The van der Waals surface area contributed by atoms with Crippen LogP contribution in [0.4, 0.5) is 5.82 Å². The van der Waals surface area contributed by atoms with Gasteiger partial charge in [0, 0.05) is 24.4 Å². The number of anilines is 1. The highest BCUT2D eigenvalue weighted by Crippen LogP contribution is 2.37. The number of benzene rings is 1. The van der Waals surface area contributed by atoms with Gasteiger partial charge < -0.3 is 15.2 Å². The van der Waals surface area contributed by atoms with Gasteiger partial charge in [-0.05, 0) is 24.6 Å². The van der Waals surface area contributed by atoms with E-state index in [9.17, 15) is 0 Å². The van der Waals surface area contributed by atoms with Crippen molar-refractivity contribution in [1.29, 1.82) is 0 Å². The Labute approximate surface area is 106 Å². The summed E-state index contributed by atoms with van der Waals surface area (Å²) >= 11 is 0. The molecular formula is C13H17N3O2. The molecule has 2 N–H and O–H groups in total. The first-order valence-electron chi connectivity index (χ1n) is 5.59. The first kappa shape index (κ1) is 12.3. The Morgan fingerprint density at radius 3 is 2.28 bits per heavy atom. The average Bonchev–Trinajstić information content (AvgIpc) is 2.68. The normalized spacial score (nSPS) is 10.4. The topological polar surface area (TPSA) is 62.3 Å². The molecule has 0 bridgehead atoms. The van der Waals surface area contributed by atoms with Gasteiger partial charge in [-0.2, -0.15) is 5.10 Å². The molecule has 2 aromatic rings. The number of nitrogens with two attached hydrogens (primary N) is 1. The largest absolute Gasteiger partial charge is 0.496 e. The van der Waals surface area contributed by atoms with Gasteiger partial charge in [0.2, 0.25) is 0 Å². The Morgan fingerprint density at radius 1 is 1.11 bits per heavy atom. The lowest BCUT2D eigenvalue weighted by molar-refractivity contribution is 0.402. The second-order valence-corrected chi connectivity index (χ2v) is 4.12. The Morgan fingerprint density at radius 2 is 1.78 bits per heavy atom. The van der Waals surface area contributed by atoms with Gasteiger partial charge in [-0.3, -0.25) is 4.68 Å². The highest BCUT2D eigenvalue weighted by atomic mass is 16.5. The summed E-state index contributed by atoms with van der Waals surface area (Å²) in [5, 5.41) is 4.14. The van der Waals surface area contributed by atoms with Crippen molar-refractivity contribution in [3.05, 3.63) is 23.9 Å². The van der Waals surface area contributed by atoms with Crippen molar-refractivity contribution in [2.75, 3.05) is 20.0 Å². The third-order valence-electron chi connectivity index (χ3n) is 2.86. The summed E-state index contributed by atoms with van der Waals surface area (Å²) in [6.45, 7) is 1.97. The molecule has 0 aliphatic carbocycles. The van der Waals surface area contributed by atoms with E-state index in [1.165, 1.54) is 0 Å². The molecule has 5 nitrogen and oxygen atoms in total. The maximum absolute atomic E-state index is 5.90. The Bertz CT molecular complexity index is 576. The zero-order valence-electron chi connectivity index (χ0n) is 11.0. The molecule has 0 aliphatic heterocycles. The fourth-order valence-electron chi connectivity index (χ4n) is 1.97. The highest BCUT2D eigenvalue weighted by Gasteiger charge is 2.15. The summed E-state index contributed by atoms with van der Waals surface area (Å²) in [5.41, 5.74) is 8.63. The number of aromatic nitrogens is 2. The molecule has 1 aromatic heterocycles. The van der Waals surface area contributed by atoms with E-state index in [0.29, 0.717) is 5.82 Å². The molecule has 1 heterocycles. The van der Waals surface area contributed by atoms with Crippen molar-refractivity contribution in [2.45, 2.75) is 6.92 Å². The second-order valence-electron chi connectivity index (χ2n) is 4.12. The zero-order valence-corrected chi connectivity index (χ0v) is 11.0. The van der Waals surface area contributed by atoms with Gasteiger partial charge in [-0.1, -0.05) is 0 Å². The first-order valence-corrected chi connectivity index (χ1v) is 5.59. The average molecular weight is 247 g/mol. The zero-order chi connectivity index (χ0) is 13.3. The Kier molecular flexibility index (Phi) is 3.14. The van der Waals surface area contributed by atoms with Crippen molar-refractivity contribution in [3.8, 4) is 22.6 Å². The molecule has 0 radical (unpaired) electrons. The van der Waals surface area contributed by atoms with Crippen LogP contribution < -0.4 is 15.2 Å². The highest BCUT2D eigenvalue weighted by molar-refractivity contribution is 5.79. The summed E-state index contributed by atoms with van der Waals surface area (Å²) in [7, 11) is 5.11. The molecule has 18 heavy (non-hydrogen) atoms. The van der Waals surface area contributed by atoms with Gasteiger partial charge in [0.15, 0.2) is 5.82 Å². The van der Waals surface area contributed by atoms with Gasteiger partial charge >= 0.3 is 0 Å². The van der Waals surface area contributed by atoms with E-state index in [0.717, 1.165) is 28.2 Å². The monoisotopic (exact) mass is 247 g/mol. The molecule has 2 rings (SSSR count). The number of rotatable bonds is 3. The van der Waals surface area contributed by atoms with Gasteiger partial charge in [-0.25, -0.2) is 0 Å². The van der Waals surface area contributed by atoms with Crippen molar-refractivity contribution in [2.24, 2.45) is 7.05 Å². The molecule has 0 fully saturated rings. The number of hydrogen-bond donors (Lipinski definition) is 1. The summed E-state index contributed by atoms with van der Waals surface area (Å²) < 4.78 is 12.4. The van der Waals surface area contributed by atoms with Crippen molar-refractivity contribution in [3.63, 3.8) is 0 Å². The van der Waals surface area contributed by atoms with E-state index in [1.54, 1.807) is 18.9 Å². The van der Waals surface area contributed by atoms with E-state index in [4.69, 9.17) is 15.2 Å². The van der Waals surface area contributed by atoms with Crippen LogP contribution in [0.5, 0.6) is 11.5 Å². The Balaban J connectivity index is 2.65. The molecule has 1 aromatic carbocycles. The predicted octanol–water partition coefficient (Wildman–Crippen LogP) is 1.99. The maximum Gasteiger partial charge on any atom is 0.153 e. The third kappa shape index (κ3) is 1.99. The number of ether oxygens (including phenoxy) is 2. The smallest absolute Gasteiger partial charge is 0.153 e. The fourth-order valence-corrected chi connectivity index (χ4v) is 1.97. The van der Waals surface area contributed by atoms with Crippen molar-refractivity contribution >= 4 is 5.82 Å². The molecule has 0 saturated heterocycles. The number of hydrogen-bond acceptors (Lipinski definition) is 4. The molecule has 5 heteroatoms. The van der Waals surface area contributed by atoms with Crippen LogP contribution in [0, 0.1) is 6.92 Å². The van der Waals surface area contributed by atoms with E-state index >= 15 is 0 Å². The van der Waals surface area contributed by atoms with Gasteiger partial charge in [0.25, 0.3) is 0 Å². The number of nitrogen functional groups attached to an aromatic ring is 1. The van der Waals surface area contributed by atoms with Crippen molar-refractivity contribution < 1.29 is 9.47 Å². The van der Waals surface area contributed by atoms with E-state index in [1.807, 2.05) is 32.3 Å². The lowest BCUT2D eigenvalue weighted by Crippen LogP contribution is -1.95. The van der Waals surface area contributed by atoms with Crippen LogP contribution in [0.3, 0.4) is 0 Å². The van der Waals surface area contributed by atoms with Crippen LogP contribution >= 0.6 is 0 Å². The molecule has 0 atom stereocenters. The first-order chi connectivity index (χ1) is 8.56. The molecule has 0 saturated carbocycles. The lowest BCUT2D eigenvalue weighted by atomic mass is 10.0. The number of methoxy groups -OCH3 is 2. The van der Waals surface area contributed by atoms with Crippen LogP contribution in [0.2, 0.25) is 0 Å². The number of nitrogens with zero attached hydrogens (tertiary/aromatic N) is 2. The molecular weight excluding hydrogens is 230 g/mol. The fraction of sp³-hybridized carbons (Fsp3) is 0.308. The summed E-state index contributed by atoms with van der Waals surface area (Å²) in [6, 6.07) is 3.85. The van der Waals surface area contributed by atoms with Crippen LogP contribution in [0.1, 0.15) is 5.56 Å². The quantitative estimate of drug-likeness (QED) is 0.901. The molecule has 96 valence electrons. The lowest BCUT2D eigenvalue weighted by Gasteiger charge is -2.12. The SMILES string of the molecule is COc1cc(-c2cn(C)nc2N)c(OC)cc1C. The molecule has 0 amide bonds. The summed E-state index contributed by atoms with van der Waals surface area (Å²) in [4.78, 5) is 0. The van der Waals surface area contributed by atoms with E-state index in [-0.39, 0.29) is 0 Å². The van der Waals surface area contributed by atoms with Gasteiger partial charge in [0.1, 0.15) is 11.5 Å². The van der Waals surface area contributed by atoms with Crippen LogP contribution in [0.25, 0.3) is 11.1 Å². The number of aryl methyl sites for hydroxylation is 2. The van der Waals surface area contributed by atoms with Crippen LogP contribution in [-0.2, 0) is 7.05 Å². The Hall–Kier alpha value is -2.17. The van der Waals surface area contributed by atoms with Gasteiger partial charge in [0.05, 0.1) is 14.2 Å². The summed E-state index contributed by atoms with van der Waals surface area (Å²) in [5.74, 6) is 2.03. The standard InChI is InChI=1S/C13H17N3O2/c1-8-5-12(18-4)9(6-11(8)17-3)10-7-16(2)15-13(10)14/h5-7H,1-4H3,(H2,14,15). The van der Waals surface area contributed by atoms with Crippen LogP contribution in [-0.4, -0.2) is 24.0 Å². The molecule has 0 spiro atoms. The maximum atomic E-state index is 5.90. The molecule has 0 unspecified atom stereocenters. The second kappa shape index (κ2) is 4.60.